The highest BCUT2D eigenvalue weighted by atomic mass is 19.4. The van der Waals surface area contributed by atoms with Crippen molar-refractivity contribution in [1.82, 2.24) is 16.0 Å². The predicted molar refractivity (Wildman–Crippen MR) is 152 cm³/mol. The van der Waals surface area contributed by atoms with Gasteiger partial charge in [-0.2, -0.15) is 13.2 Å². The summed E-state index contributed by atoms with van der Waals surface area (Å²) in [6.45, 7) is 2.02. The first kappa shape index (κ1) is 30.6. The molecule has 1 aliphatic rings. The van der Waals surface area contributed by atoms with Crippen LogP contribution in [-0.2, 0) is 35.3 Å². The van der Waals surface area contributed by atoms with Gasteiger partial charge in [0.05, 0.1) is 18.7 Å². The number of urea groups is 1. The summed E-state index contributed by atoms with van der Waals surface area (Å²) in [5, 5.41) is 16.9. The van der Waals surface area contributed by atoms with Crippen LogP contribution in [0.2, 0.25) is 0 Å². The monoisotopic (exact) mass is 582 g/mol. The summed E-state index contributed by atoms with van der Waals surface area (Å²) in [6, 6.07) is 17.1. The number of benzene rings is 3. The van der Waals surface area contributed by atoms with Crippen molar-refractivity contribution in [3.05, 3.63) is 89.0 Å². The molecule has 4 N–H and O–H groups in total. The average Bonchev–Trinajstić information content (AvgIpc) is 3.11. The van der Waals surface area contributed by atoms with E-state index in [0.717, 1.165) is 34.4 Å². The summed E-state index contributed by atoms with van der Waals surface area (Å²) >= 11 is 0. The molecule has 1 atom stereocenters. The second kappa shape index (κ2) is 13.5. The van der Waals surface area contributed by atoms with Crippen molar-refractivity contribution in [2.45, 2.75) is 51.5 Å². The second-order valence-corrected chi connectivity index (χ2v) is 9.97. The van der Waals surface area contributed by atoms with Crippen LogP contribution in [0.5, 0.6) is 0 Å². The van der Waals surface area contributed by atoms with E-state index < -0.39 is 23.8 Å². The molecule has 0 spiro atoms. The fourth-order valence-electron chi connectivity index (χ4n) is 4.88. The summed E-state index contributed by atoms with van der Waals surface area (Å²) in [4.78, 5) is 39.1. The number of hydrogen-bond donors (Lipinski definition) is 4. The summed E-state index contributed by atoms with van der Waals surface area (Å²) in [7, 11) is 0. The van der Waals surface area contributed by atoms with Crippen molar-refractivity contribution in [2.75, 3.05) is 18.1 Å². The minimum Gasteiger partial charge on any atom is -0.395 e. The van der Waals surface area contributed by atoms with Gasteiger partial charge in [0.25, 0.3) is 0 Å². The van der Waals surface area contributed by atoms with Gasteiger partial charge in [0.1, 0.15) is 6.04 Å². The number of hydrogen-bond acceptors (Lipinski definition) is 4. The Morgan fingerprint density at radius 3 is 2.45 bits per heavy atom. The molecule has 0 fully saturated rings. The van der Waals surface area contributed by atoms with Crippen LogP contribution in [0.4, 0.5) is 23.7 Å². The molecule has 8 nitrogen and oxygen atoms in total. The highest BCUT2D eigenvalue weighted by Gasteiger charge is 2.35. The van der Waals surface area contributed by atoms with Crippen LogP contribution in [0.1, 0.15) is 42.0 Å². The fraction of sp³-hybridized carbons (Fsp3) is 0.323. The van der Waals surface area contributed by atoms with E-state index in [1.54, 1.807) is 6.92 Å². The molecule has 0 aromatic heterocycles. The van der Waals surface area contributed by atoms with Crippen LogP contribution in [0.15, 0.2) is 66.7 Å². The maximum Gasteiger partial charge on any atom is 0.416 e. The minimum absolute atomic E-state index is 0.101. The van der Waals surface area contributed by atoms with Crippen LogP contribution in [0.3, 0.4) is 0 Å². The lowest BCUT2D eigenvalue weighted by Crippen LogP contribution is -2.47. The molecule has 1 heterocycles. The molecule has 3 aromatic rings. The Bertz CT molecular complexity index is 1430. The van der Waals surface area contributed by atoms with Gasteiger partial charge in [0.2, 0.25) is 11.8 Å². The Morgan fingerprint density at radius 1 is 1.02 bits per heavy atom. The molecule has 11 heteroatoms. The maximum absolute atomic E-state index is 13.6. The largest absolute Gasteiger partial charge is 0.416 e. The molecule has 0 saturated heterocycles. The molecule has 3 aromatic carbocycles. The quantitative estimate of drug-likeness (QED) is 0.297. The normalized spacial score (nSPS) is 15.0. The van der Waals surface area contributed by atoms with Gasteiger partial charge in [-0.3, -0.25) is 9.59 Å². The summed E-state index contributed by atoms with van der Waals surface area (Å²) in [5.41, 5.74) is 3.39. The number of alkyl halides is 3. The summed E-state index contributed by atoms with van der Waals surface area (Å²) < 4.78 is 40.3. The molecule has 222 valence electrons. The third-order valence-corrected chi connectivity index (χ3v) is 7.08. The van der Waals surface area contributed by atoms with Gasteiger partial charge in [-0.05, 0) is 58.9 Å². The molecule has 0 unspecified atom stereocenters. The number of fused-ring (bicyclic) bond motifs is 1. The average molecular weight is 583 g/mol. The molecule has 4 rings (SSSR count). The van der Waals surface area contributed by atoms with Gasteiger partial charge in [-0.25, -0.2) is 4.79 Å². The number of aliphatic hydroxyl groups excluding tert-OH is 1. The molecular formula is C31H33F3N4O4. The molecule has 1 aliphatic heterocycles. The van der Waals surface area contributed by atoms with Crippen LogP contribution in [0, 0.1) is 0 Å². The number of rotatable bonds is 9. The molecule has 0 radical (unpaired) electrons. The number of aliphatic hydroxyl groups is 1. The van der Waals surface area contributed by atoms with Crippen LogP contribution >= 0.6 is 0 Å². The van der Waals surface area contributed by atoms with Gasteiger partial charge < -0.3 is 26.0 Å². The number of aryl methyl sites for hydroxylation is 1. The third-order valence-electron chi connectivity index (χ3n) is 7.08. The van der Waals surface area contributed by atoms with E-state index in [4.69, 9.17) is 5.11 Å². The number of anilines is 1. The van der Waals surface area contributed by atoms with E-state index in [9.17, 15) is 27.6 Å². The molecular weight excluding hydrogens is 549 g/mol. The van der Waals surface area contributed by atoms with Crippen LogP contribution < -0.4 is 20.9 Å². The van der Waals surface area contributed by atoms with Gasteiger partial charge in [0, 0.05) is 25.2 Å². The Kier molecular flexibility index (Phi) is 9.84. The molecule has 42 heavy (non-hydrogen) atoms. The van der Waals surface area contributed by atoms with E-state index >= 15 is 0 Å². The standard InChI is InChI=1S/C31H33F3N4O4/c1-2-28(40)37-26-13-11-22-17-24(31(32,33)34)12-14-27(22)38(29(26)41)19-20-7-9-21(10-8-20)25-6-4-3-5-23(25)18-36-30(42)35-15-16-39/h3-10,12,14,17,26,39H,2,11,13,15-16,18-19H2,1H3,(H,37,40)(H2,35,36,42)/t26-/m1/s1. The number of amides is 4. The summed E-state index contributed by atoms with van der Waals surface area (Å²) in [6.07, 6.45) is -3.94. The predicted octanol–water partition coefficient (Wildman–Crippen LogP) is 4.54. The smallest absolute Gasteiger partial charge is 0.395 e. The van der Waals surface area contributed by atoms with E-state index in [1.165, 1.54) is 11.0 Å². The molecule has 0 bridgehead atoms. The lowest BCUT2D eigenvalue weighted by atomic mass is 9.98. The molecule has 4 amide bonds. The molecule has 0 aliphatic carbocycles. The van der Waals surface area contributed by atoms with E-state index in [0.29, 0.717) is 11.3 Å². The number of nitrogens with zero attached hydrogens (tertiary/aromatic N) is 1. The number of nitrogens with one attached hydrogen (secondary N) is 3. The minimum atomic E-state index is -4.52. The number of halogens is 3. The summed E-state index contributed by atoms with van der Waals surface area (Å²) in [5.74, 6) is -0.686. The SMILES string of the molecule is CCC(=O)N[C@@H]1CCc2cc(C(F)(F)F)ccc2N(Cc2ccc(-c3ccccc3CNC(=O)NCCO)cc2)C1=O. The lowest BCUT2D eigenvalue weighted by Gasteiger charge is -2.27. The molecule has 0 saturated carbocycles. The van der Waals surface area contributed by atoms with Crippen molar-refractivity contribution in [3.63, 3.8) is 0 Å². The topological polar surface area (TPSA) is 111 Å². The van der Waals surface area contributed by atoms with Crippen molar-refractivity contribution in [2.24, 2.45) is 0 Å². The highest BCUT2D eigenvalue weighted by Crippen LogP contribution is 2.36. The van der Waals surface area contributed by atoms with Gasteiger partial charge in [-0.15, -0.1) is 0 Å². The van der Waals surface area contributed by atoms with E-state index in [-0.39, 0.29) is 57.3 Å². The van der Waals surface area contributed by atoms with Gasteiger partial charge >= 0.3 is 12.2 Å². The van der Waals surface area contributed by atoms with Crippen molar-refractivity contribution in [3.8, 4) is 11.1 Å². The number of carbonyl (C=O) groups excluding carboxylic acids is 3. The van der Waals surface area contributed by atoms with Crippen molar-refractivity contribution < 1.29 is 32.7 Å². The number of carbonyl (C=O) groups is 3. The Balaban J connectivity index is 1.59. The second-order valence-electron chi connectivity index (χ2n) is 9.97. The first-order valence-electron chi connectivity index (χ1n) is 13.7. The van der Waals surface area contributed by atoms with Gasteiger partial charge in [-0.1, -0.05) is 55.5 Å². The Morgan fingerprint density at radius 2 is 1.76 bits per heavy atom. The van der Waals surface area contributed by atoms with Crippen LogP contribution in [-0.4, -0.2) is 42.1 Å². The van der Waals surface area contributed by atoms with Gasteiger partial charge in [0.15, 0.2) is 0 Å². The van der Waals surface area contributed by atoms with E-state index in [2.05, 4.69) is 16.0 Å². The lowest BCUT2D eigenvalue weighted by molar-refractivity contribution is -0.137. The zero-order chi connectivity index (χ0) is 30.3. The fourth-order valence-corrected chi connectivity index (χ4v) is 4.88. The first-order chi connectivity index (χ1) is 20.1. The van der Waals surface area contributed by atoms with Crippen molar-refractivity contribution in [1.29, 1.82) is 0 Å². The zero-order valence-corrected chi connectivity index (χ0v) is 23.1. The third kappa shape index (κ3) is 7.47. The van der Waals surface area contributed by atoms with Crippen molar-refractivity contribution >= 4 is 23.5 Å². The first-order valence-corrected chi connectivity index (χ1v) is 13.7. The zero-order valence-electron chi connectivity index (χ0n) is 23.1. The van der Waals surface area contributed by atoms with E-state index in [1.807, 2.05) is 48.5 Å². The Labute approximate surface area is 241 Å². The highest BCUT2D eigenvalue weighted by molar-refractivity contribution is 6.00. The van der Waals surface area contributed by atoms with Crippen LogP contribution in [0.25, 0.3) is 11.1 Å². The Hall–Kier alpha value is -4.38. The maximum atomic E-state index is 13.6.